The van der Waals surface area contributed by atoms with Crippen LogP contribution in [0.4, 0.5) is 11.8 Å². The van der Waals surface area contributed by atoms with Crippen molar-refractivity contribution in [3.8, 4) is 0 Å². The predicted molar refractivity (Wildman–Crippen MR) is 170 cm³/mol. The second-order valence-corrected chi connectivity index (χ2v) is 15.4. The Morgan fingerprint density at radius 3 is 2.65 bits per heavy atom. The topological polar surface area (TPSA) is 128 Å². The van der Waals surface area contributed by atoms with Crippen molar-refractivity contribution in [2.24, 2.45) is 5.41 Å². The molecule has 4 heterocycles. The Bertz CT molecular complexity index is 1730. The number of esters is 1. The van der Waals surface area contributed by atoms with E-state index in [9.17, 15) is 9.00 Å². The summed E-state index contributed by atoms with van der Waals surface area (Å²) in [6.07, 6.45) is 7.73. The normalized spacial score (nSPS) is 18.6. The van der Waals surface area contributed by atoms with Gasteiger partial charge in [-0.05, 0) is 62.6 Å². The number of halogens is 1. The van der Waals surface area contributed by atoms with E-state index in [1.54, 1.807) is 18.5 Å². The number of benzene rings is 1. The van der Waals surface area contributed by atoms with Gasteiger partial charge >= 0.3 is 5.97 Å². The fraction of sp³-hybridized carbons (Fsp3) is 0.400. The van der Waals surface area contributed by atoms with E-state index in [-0.39, 0.29) is 27.7 Å². The number of methoxy groups -OCH3 is 1. The van der Waals surface area contributed by atoms with Crippen LogP contribution >= 0.6 is 23.4 Å². The van der Waals surface area contributed by atoms with Crippen LogP contribution in [0.1, 0.15) is 61.3 Å². The highest BCUT2D eigenvalue weighted by Gasteiger charge is 2.49. The van der Waals surface area contributed by atoms with Crippen LogP contribution in [0.3, 0.4) is 0 Å². The van der Waals surface area contributed by atoms with Crippen LogP contribution in [0.2, 0.25) is 5.02 Å². The number of anilines is 2. The molecule has 43 heavy (non-hydrogen) atoms. The van der Waals surface area contributed by atoms with E-state index in [1.165, 1.54) is 30.0 Å². The molecule has 0 amide bonds. The lowest BCUT2D eigenvalue weighted by Crippen LogP contribution is -2.48. The number of ether oxygens (including phenoxy) is 1. The molecule has 226 valence electrons. The molecular formula is C30H34ClN7O3S2. The summed E-state index contributed by atoms with van der Waals surface area (Å²) in [5.41, 5.74) is 9.10. The number of fused-ring (bicyclic) bond motifs is 2. The number of nitrogens with zero attached hydrogens (tertiary/aromatic N) is 5. The molecule has 0 saturated carbocycles. The van der Waals surface area contributed by atoms with Gasteiger partial charge in [0.1, 0.15) is 5.82 Å². The van der Waals surface area contributed by atoms with Crippen LogP contribution in [-0.4, -0.2) is 54.5 Å². The third-order valence-corrected chi connectivity index (χ3v) is 11.5. The van der Waals surface area contributed by atoms with Crippen molar-refractivity contribution >= 4 is 57.7 Å². The fourth-order valence-electron chi connectivity index (χ4n) is 6.00. The zero-order valence-electron chi connectivity index (χ0n) is 24.5. The Kier molecular flexibility index (Phi) is 7.91. The van der Waals surface area contributed by atoms with Crippen LogP contribution in [0.15, 0.2) is 58.7 Å². The van der Waals surface area contributed by atoms with Gasteiger partial charge in [0.2, 0.25) is 5.95 Å². The first kappa shape index (κ1) is 29.9. The molecule has 1 spiro atoms. The Hall–Kier alpha value is -3.19. The molecule has 0 radical (unpaired) electrons. The van der Waals surface area contributed by atoms with Gasteiger partial charge in [-0.1, -0.05) is 47.6 Å². The maximum atomic E-state index is 13.3. The predicted octanol–water partition coefficient (Wildman–Crippen LogP) is 5.23. The van der Waals surface area contributed by atoms with Crippen molar-refractivity contribution in [3.63, 3.8) is 0 Å². The average molecular weight is 640 g/mol. The summed E-state index contributed by atoms with van der Waals surface area (Å²) in [6, 6.07) is 10.2. The number of aromatic nitrogens is 4. The van der Waals surface area contributed by atoms with E-state index in [1.807, 2.05) is 31.4 Å². The Morgan fingerprint density at radius 2 is 1.93 bits per heavy atom. The third kappa shape index (κ3) is 5.39. The molecule has 3 aromatic heterocycles. The summed E-state index contributed by atoms with van der Waals surface area (Å²) in [5.74, 6) is 0.248. The molecular weight excluding hydrogens is 606 g/mol. The number of imidazole rings is 1. The summed E-state index contributed by atoms with van der Waals surface area (Å²) in [4.78, 5) is 29.9. The lowest BCUT2D eigenvalue weighted by Gasteiger charge is -2.44. The number of rotatable bonds is 6. The molecule has 3 N–H and O–H groups in total. The molecule has 13 heteroatoms. The van der Waals surface area contributed by atoms with Crippen LogP contribution in [0, 0.1) is 5.41 Å². The second kappa shape index (κ2) is 11.4. The number of nitrogens with two attached hydrogens (primary N) is 1. The quantitative estimate of drug-likeness (QED) is 0.273. The molecule has 1 fully saturated rings. The van der Waals surface area contributed by atoms with Gasteiger partial charge in [0.25, 0.3) is 0 Å². The molecule has 4 aromatic rings. The molecule has 2 aliphatic rings. The van der Waals surface area contributed by atoms with Gasteiger partial charge in [-0.25, -0.2) is 28.7 Å². The van der Waals surface area contributed by atoms with E-state index in [0.717, 1.165) is 19.3 Å². The highest BCUT2D eigenvalue weighted by Crippen LogP contribution is 2.53. The first-order valence-corrected chi connectivity index (χ1v) is 16.4. The number of carbonyl (C=O) groups is 1. The summed E-state index contributed by atoms with van der Waals surface area (Å²) in [7, 11) is 0.120. The van der Waals surface area contributed by atoms with Crippen LogP contribution in [-0.2, 0) is 22.1 Å². The highest BCUT2D eigenvalue weighted by molar-refractivity contribution is 7.99. The second-order valence-electron chi connectivity index (χ2n) is 12.0. The standard InChI is InChI=1S/C30H34ClN7O3S2/c1-29(2,3)43(40)36-24-19-8-6-5-7-18(19)17-30(24)10-14-37(15-11-30)28-35-22(27(39)41-4)23(26-34-13-16-38(26)28)42-20-9-12-33-25(32)21(20)31/h5-9,12-13,16,24,36H,10-11,14-15,17H2,1-4H3,(H2,32,33)/t24-,43-/m1/s1. The number of carbonyl (C=O) groups excluding carboxylic acids is 1. The smallest absolute Gasteiger partial charge is 0.358 e. The molecule has 10 nitrogen and oxygen atoms in total. The molecule has 1 aliphatic heterocycles. The van der Waals surface area contributed by atoms with Gasteiger partial charge < -0.3 is 15.4 Å². The molecule has 1 aromatic carbocycles. The number of hydrogen-bond acceptors (Lipinski definition) is 9. The summed E-state index contributed by atoms with van der Waals surface area (Å²) in [6.45, 7) is 7.38. The van der Waals surface area contributed by atoms with Crippen molar-refractivity contribution in [1.29, 1.82) is 0 Å². The Morgan fingerprint density at radius 1 is 1.19 bits per heavy atom. The number of nitrogens with one attached hydrogen (secondary N) is 1. The van der Waals surface area contributed by atoms with Gasteiger partial charge in [0, 0.05) is 36.6 Å². The van der Waals surface area contributed by atoms with Gasteiger partial charge in [0.15, 0.2) is 11.3 Å². The summed E-state index contributed by atoms with van der Waals surface area (Å²) >= 11 is 7.69. The maximum absolute atomic E-state index is 13.3. The summed E-state index contributed by atoms with van der Waals surface area (Å²) in [5, 5.41) is 0.298. The minimum absolute atomic E-state index is 0.0194. The van der Waals surface area contributed by atoms with Crippen molar-refractivity contribution in [2.75, 3.05) is 30.8 Å². The third-order valence-electron chi connectivity index (χ3n) is 8.30. The van der Waals surface area contributed by atoms with Crippen LogP contribution in [0.25, 0.3) is 5.65 Å². The minimum Gasteiger partial charge on any atom is -0.464 e. The van der Waals surface area contributed by atoms with E-state index < -0.39 is 17.0 Å². The van der Waals surface area contributed by atoms with Gasteiger partial charge in [-0.3, -0.25) is 4.40 Å². The molecule has 2 atom stereocenters. The fourth-order valence-corrected chi connectivity index (χ4v) is 8.19. The first-order valence-electron chi connectivity index (χ1n) is 14.1. The molecule has 0 bridgehead atoms. The van der Waals surface area contributed by atoms with E-state index in [4.69, 9.17) is 27.1 Å². The molecule has 1 saturated heterocycles. The van der Waals surface area contributed by atoms with Gasteiger partial charge in [0.05, 0.1) is 38.8 Å². The highest BCUT2D eigenvalue weighted by atomic mass is 35.5. The lowest BCUT2D eigenvalue weighted by atomic mass is 9.73. The zero-order chi connectivity index (χ0) is 30.5. The maximum Gasteiger partial charge on any atom is 0.358 e. The Labute approximate surface area is 262 Å². The number of hydrogen-bond donors (Lipinski definition) is 2. The van der Waals surface area contributed by atoms with Crippen LogP contribution < -0.4 is 15.4 Å². The van der Waals surface area contributed by atoms with E-state index in [0.29, 0.717) is 39.5 Å². The number of piperidine rings is 1. The number of pyridine rings is 1. The minimum atomic E-state index is -1.22. The Balaban J connectivity index is 1.34. The monoisotopic (exact) mass is 639 g/mol. The molecule has 1 aliphatic carbocycles. The molecule has 0 unspecified atom stereocenters. The van der Waals surface area contributed by atoms with E-state index >= 15 is 0 Å². The number of nitrogen functional groups attached to an aromatic ring is 1. The van der Waals surface area contributed by atoms with Crippen molar-refractivity contribution < 1.29 is 13.7 Å². The summed E-state index contributed by atoms with van der Waals surface area (Å²) < 4.78 is 23.5. The van der Waals surface area contributed by atoms with Crippen molar-refractivity contribution in [1.82, 2.24) is 24.1 Å². The van der Waals surface area contributed by atoms with Crippen LogP contribution in [0.5, 0.6) is 0 Å². The largest absolute Gasteiger partial charge is 0.464 e. The lowest BCUT2D eigenvalue weighted by molar-refractivity contribution is 0.0589. The van der Waals surface area contributed by atoms with Crippen molar-refractivity contribution in [2.45, 2.75) is 60.6 Å². The van der Waals surface area contributed by atoms with Gasteiger partial charge in [-0.15, -0.1) is 0 Å². The first-order chi connectivity index (χ1) is 20.5. The SMILES string of the molecule is COC(=O)c1nc(N2CCC3(CC2)Cc2ccccc2[C@H]3N[S@](=O)C(C)(C)C)n2ccnc2c1Sc1ccnc(N)c1Cl. The van der Waals surface area contributed by atoms with Gasteiger partial charge in [-0.2, -0.15) is 0 Å². The molecule has 6 rings (SSSR count). The van der Waals surface area contributed by atoms with E-state index in [2.05, 4.69) is 43.9 Å². The zero-order valence-corrected chi connectivity index (χ0v) is 26.9. The van der Waals surface area contributed by atoms with Crippen molar-refractivity contribution in [3.05, 3.63) is 70.8 Å². The average Bonchev–Trinajstić information content (AvgIpc) is 3.59.